The molecule has 90 valence electrons. The molecule has 0 aliphatic carbocycles. The number of imidazole rings is 1. The minimum Gasteiger partial charge on any atom is -0.336 e. The summed E-state index contributed by atoms with van der Waals surface area (Å²) in [6, 6.07) is 1.94. The average molecular weight is 231 g/mol. The zero-order valence-electron chi connectivity index (χ0n) is 10.2. The predicted octanol–water partition coefficient (Wildman–Crippen LogP) is 1.30. The molecule has 0 bridgehead atoms. The first-order valence-electron chi connectivity index (χ1n) is 5.79. The maximum Gasteiger partial charge on any atom is 0.131 e. The highest BCUT2D eigenvalue weighted by Gasteiger charge is 2.18. The summed E-state index contributed by atoms with van der Waals surface area (Å²) in [6.07, 6.45) is 8.14. The Labute approximate surface area is 101 Å². The van der Waals surface area contributed by atoms with E-state index in [-0.39, 0.29) is 6.04 Å². The van der Waals surface area contributed by atoms with Gasteiger partial charge in [0.1, 0.15) is 18.2 Å². The fourth-order valence-electron chi connectivity index (χ4n) is 1.74. The van der Waals surface area contributed by atoms with Gasteiger partial charge in [0, 0.05) is 25.6 Å². The maximum absolute atomic E-state index is 4.39. The molecule has 1 N–H and O–H groups in total. The van der Waals surface area contributed by atoms with Crippen molar-refractivity contribution in [2.45, 2.75) is 19.4 Å². The van der Waals surface area contributed by atoms with E-state index < -0.39 is 0 Å². The number of nitrogens with zero attached hydrogens (tertiary/aromatic N) is 4. The first-order valence-corrected chi connectivity index (χ1v) is 5.79. The van der Waals surface area contributed by atoms with Gasteiger partial charge in [0.05, 0.1) is 5.69 Å². The Bertz CT molecular complexity index is 451. The molecule has 0 amide bonds. The molecule has 2 heterocycles. The van der Waals surface area contributed by atoms with Crippen LogP contribution in [0, 0.1) is 0 Å². The van der Waals surface area contributed by atoms with Crippen molar-refractivity contribution in [1.82, 2.24) is 24.8 Å². The zero-order valence-corrected chi connectivity index (χ0v) is 10.2. The van der Waals surface area contributed by atoms with Gasteiger partial charge in [0.15, 0.2) is 0 Å². The number of hydrogen-bond donors (Lipinski definition) is 1. The van der Waals surface area contributed by atoms with Crippen molar-refractivity contribution in [3.8, 4) is 0 Å². The molecular formula is C12H17N5. The van der Waals surface area contributed by atoms with Gasteiger partial charge in [-0.2, -0.15) is 0 Å². The topological polar surface area (TPSA) is 55.6 Å². The van der Waals surface area contributed by atoms with Gasteiger partial charge in [-0.25, -0.2) is 15.0 Å². The van der Waals surface area contributed by atoms with Crippen molar-refractivity contribution in [2.24, 2.45) is 7.05 Å². The van der Waals surface area contributed by atoms with E-state index in [1.54, 1.807) is 18.7 Å². The fraction of sp³-hybridized carbons (Fsp3) is 0.417. The second kappa shape index (κ2) is 5.54. The molecule has 2 aromatic rings. The molecule has 2 aromatic heterocycles. The van der Waals surface area contributed by atoms with Gasteiger partial charge in [0.25, 0.3) is 0 Å². The molecule has 1 atom stereocenters. The van der Waals surface area contributed by atoms with Crippen LogP contribution in [0.25, 0.3) is 0 Å². The third kappa shape index (κ3) is 2.68. The number of aryl methyl sites for hydroxylation is 1. The van der Waals surface area contributed by atoms with Crippen LogP contribution in [0.5, 0.6) is 0 Å². The van der Waals surface area contributed by atoms with Gasteiger partial charge in [-0.15, -0.1) is 0 Å². The second-order valence-electron chi connectivity index (χ2n) is 3.92. The minimum atomic E-state index is 0.0259. The van der Waals surface area contributed by atoms with Crippen LogP contribution in [0.15, 0.2) is 31.0 Å². The van der Waals surface area contributed by atoms with Crippen molar-refractivity contribution in [3.63, 3.8) is 0 Å². The standard InChI is InChI=1S/C12H17N5/c1-3-5-14-11(10-4-6-13-9-16-10)12-15-7-8-17(12)2/h4,6-9,11,14H,3,5H2,1-2H3. The van der Waals surface area contributed by atoms with E-state index in [9.17, 15) is 0 Å². The Balaban J connectivity index is 2.29. The van der Waals surface area contributed by atoms with E-state index in [4.69, 9.17) is 0 Å². The maximum atomic E-state index is 4.39. The quantitative estimate of drug-likeness (QED) is 0.842. The summed E-state index contributed by atoms with van der Waals surface area (Å²) >= 11 is 0. The third-order valence-corrected chi connectivity index (χ3v) is 2.62. The summed E-state index contributed by atoms with van der Waals surface area (Å²) in [6.45, 7) is 3.07. The number of aromatic nitrogens is 4. The first-order chi connectivity index (χ1) is 8.33. The van der Waals surface area contributed by atoms with E-state index in [2.05, 4.69) is 27.2 Å². The SMILES string of the molecule is CCCNC(c1ccncn1)c1nccn1C. The number of hydrogen-bond acceptors (Lipinski definition) is 4. The molecule has 0 aromatic carbocycles. The van der Waals surface area contributed by atoms with E-state index in [0.717, 1.165) is 24.5 Å². The predicted molar refractivity (Wildman–Crippen MR) is 65.4 cm³/mol. The smallest absolute Gasteiger partial charge is 0.131 e. The van der Waals surface area contributed by atoms with Gasteiger partial charge >= 0.3 is 0 Å². The van der Waals surface area contributed by atoms with Gasteiger partial charge in [-0.3, -0.25) is 0 Å². The van der Waals surface area contributed by atoms with E-state index in [1.807, 2.05) is 23.9 Å². The van der Waals surface area contributed by atoms with Crippen LogP contribution in [-0.2, 0) is 7.05 Å². The summed E-state index contributed by atoms with van der Waals surface area (Å²) in [5.41, 5.74) is 0.947. The van der Waals surface area contributed by atoms with E-state index in [0.29, 0.717) is 0 Å². The molecule has 0 saturated carbocycles. The van der Waals surface area contributed by atoms with E-state index in [1.165, 1.54) is 0 Å². The summed E-state index contributed by atoms with van der Waals surface area (Å²) in [5.74, 6) is 0.970. The van der Waals surface area contributed by atoms with Gasteiger partial charge in [-0.1, -0.05) is 6.92 Å². The Hall–Kier alpha value is -1.75. The second-order valence-corrected chi connectivity index (χ2v) is 3.92. The lowest BCUT2D eigenvalue weighted by atomic mass is 10.2. The van der Waals surface area contributed by atoms with Crippen LogP contribution in [-0.4, -0.2) is 26.1 Å². The molecule has 0 aliphatic rings. The molecule has 0 saturated heterocycles. The Morgan fingerprint density at radius 2 is 2.24 bits per heavy atom. The largest absolute Gasteiger partial charge is 0.336 e. The minimum absolute atomic E-state index is 0.0259. The van der Waals surface area contributed by atoms with Crippen LogP contribution in [0.2, 0.25) is 0 Å². The molecule has 0 radical (unpaired) electrons. The highest BCUT2D eigenvalue weighted by atomic mass is 15.1. The summed E-state index contributed by atoms with van der Waals surface area (Å²) in [7, 11) is 1.99. The van der Waals surface area contributed by atoms with Crippen LogP contribution in [0.1, 0.15) is 30.9 Å². The number of rotatable bonds is 5. The van der Waals surface area contributed by atoms with Crippen LogP contribution in [0.4, 0.5) is 0 Å². The van der Waals surface area contributed by atoms with Crippen LogP contribution >= 0.6 is 0 Å². The number of nitrogens with one attached hydrogen (secondary N) is 1. The molecule has 0 aliphatic heterocycles. The molecule has 1 unspecified atom stereocenters. The lowest BCUT2D eigenvalue weighted by molar-refractivity contribution is 0.544. The van der Waals surface area contributed by atoms with Gasteiger partial charge in [0.2, 0.25) is 0 Å². The Morgan fingerprint density at radius 3 is 2.82 bits per heavy atom. The first kappa shape index (κ1) is 11.7. The molecular weight excluding hydrogens is 214 g/mol. The molecule has 5 heteroatoms. The van der Waals surface area contributed by atoms with E-state index >= 15 is 0 Å². The van der Waals surface area contributed by atoms with Gasteiger partial charge in [-0.05, 0) is 19.0 Å². The highest BCUT2D eigenvalue weighted by molar-refractivity contribution is 5.16. The fourth-order valence-corrected chi connectivity index (χ4v) is 1.74. The molecule has 0 spiro atoms. The lowest BCUT2D eigenvalue weighted by Gasteiger charge is -2.17. The van der Waals surface area contributed by atoms with Crippen molar-refractivity contribution in [1.29, 1.82) is 0 Å². The molecule has 2 rings (SSSR count). The van der Waals surface area contributed by atoms with Crippen LogP contribution < -0.4 is 5.32 Å². The third-order valence-electron chi connectivity index (χ3n) is 2.62. The Morgan fingerprint density at radius 1 is 1.35 bits per heavy atom. The summed E-state index contributed by atoms with van der Waals surface area (Å²) < 4.78 is 2.01. The highest BCUT2D eigenvalue weighted by Crippen LogP contribution is 2.17. The summed E-state index contributed by atoms with van der Waals surface area (Å²) in [5, 5.41) is 3.46. The van der Waals surface area contributed by atoms with Gasteiger partial charge < -0.3 is 9.88 Å². The molecule has 0 fully saturated rings. The van der Waals surface area contributed by atoms with Crippen molar-refractivity contribution < 1.29 is 0 Å². The van der Waals surface area contributed by atoms with Crippen LogP contribution in [0.3, 0.4) is 0 Å². The van der Waals surface area contributed by atoms with Crippen molar-refractivity contribution >= 4 is 0 Å². The summed E-state index contributed by atoms with van der Waals surface area (Å²) in [4.78, 5) is 12.6. The zero-order chi connectivity index (χ0) is 12.1. The molecule has 17 heavy (non-hydrogen) atoms. The lowest BCUT2D eigenvalue weighted by Crippen LogP contribution is -2.26. The normalized spacial score (nSPS) is 12.6. The van der Waals surface area contributed by atoms with Crippen molar-refractivity contribution in [2.75, 3.05) is 6.54 Å². The average Bonchev–Trinajstić information content (AvgIpc) is 2.78. The molecule has 5 nitrogen and oxygen atoms in total. The monoisotopic (exact) mass is 231 g/mol. The Kier molecular flexibility index (Phi) is 3.82. The van der Waals surface area contributed by atoms with Crippen molar-refractivity contribution in [3.05, 3.63) is 42.5 Å².